The highest BCUT2D eigenvalue weighted by Gasteiger charge is 2.56. The van der Waals surface area contributed by atoms with E-state index in [1.54, 1.807) is 34.6 Å². The van der Waals surface area contributed by atoms with Crippen molar-refractivity contribution in [3.05, 3.63) is 22.7 Å². The fraction of sp³-hybridized carbons (Fsp3) is 0.700. The number of rotatable bonds is 6. The first-order valence-electron chi connectivity index (χ1n) is 10.2. The molecule has 2 rings (SSSR count). The maximum Gasteiger partial charge on any atom is 0.408 e. The molecule has 0 bridgehead atoms. The third kappa shape index (κ3) is 5.75. The van der Waals surface area contributed by atoms with E-state index in [2.05, 4.69) is 10.3 Å². The second-order valence-corrected chi connectivity index (χ2v) is 9.20. The fourth-order valence-corrected chi connectivity index (χ4v) is 3.31. The first kappa shape index (κ1) is 25.6. The molecule has 1 aromatic rings. The van der Waals surface area contributed by atoms with E-state index in [0.717, 1.165) is 4.57 Å². The highest BCUT2D eigenvalue weighted by Crippen LogP contribution is 2.39. The van der Waals surface area contributed by atoms with Gasteiger partial charge in [0.15, 0.2) is 12.3 Å². The molecule has 1 amide bonds. The molecule has 0 aliphatic carbocycles. The number of nitrogens with zero attached hydrogens (tertiary/aromatic N) is 2. The van der Waals surface area contributed by atoms with Crippen molar-refractivity contribution in [3.63, 3.8) is 0 Å². The predicted octanol–water partition coefficient (Wildman–Crippen LogP) is -0.0727. The summed E-state index contributed by atoms with van der Waals surface area (Å²) in [5.41, 5.74) is 2.02. The molecule has 1 aliphatic rings. The van der Waals surface area contributed by atoms with Crippen LogP contribution in [0.4, 0.5) is 10.6 Å². The van der Waals surface area contributed by atoms with Gasteiger partial charge in [-0.2, -0.15) is 4.98 Å². The number of alkyl carbamates (subject to hydrolysis) is 1. The van der Waals surface area contributed by atoms with E-state index in [1.165, 1.54) is 19.2 Å². The molecule has 5 N–H and O–H groups in total. The third-order valence-corrected chi connectivity index (χ3v) is 4.84. The van der Waals surface area contributed by atoms with Gasteiger partial charge in [0.1, 0.15) is 29.2 Å². The van der Waals surface area contributed by atoms with Gasteiger partial charge in [-0.05, 0) is 39.7 Å². The number of carbonyl (C=O) groups is 2. The molecule has 2 heterocycles. The minimum atomic E-state index is -1.92. The quantitative estimate of drug-likeness (QED) is 0.424. The van der Waals surface area contributed by atoms with Gasteiger partial charge < -0.3 is 35.5 Å². The monoisotopic (exact) mass is 456 g/mol. The van der Waals surface area contributed by atoms with E-state index in [-0.39, 0.29) is 11.7 Å². The molecular weight excluding hydrogens is 424 g/mol. The zero-order chi connectivity index (χ0) is 24.4. The van der Waals surface area contributed by atoms with Crippen molar-refractivity contribution in [1.29, 1.82) is 0 Å². The number of nitrogen functional groups attached to an aromatic ring is 1. The van der Waals surface area contributed by atoms with Crippen LogP contribution in [-0.2, 0) is 19.0 Å². The number of hydrogen-bond acceptors (Lipinski definition) is 10. The number of anilines is 1. The minimum absolute atomic E-state index is 0.0152. The van der Waals surface area contributed by atoms with Crippen molar-refractivity contribution in [3.8, 4) is 0 Å². The standard InChI is InChI=1S/C20H32N4O8/c1-10(2)13(23-18(28)32-19(3,4)5)15(26)31-14-11(9-25)30-16(20(14,6)29)24-8-7-12(21)22-17(24)27/h7-8,10-11,13-14,16,25,29H,9H2,1-6H3,(H,23,28)(H2,21,22,27)/t11-,13+,14-,16-,20-/m1/s1. The van der Waals surface area contributed by atoms with E-state index >= 15 is 0 Å². The summed E-state index contributed by atoms with van der Waals surface area (Å²) >= 11 is 0. The summed E-state index contributed by atoms with van der Waals surface area (Å²) in [6.07, 6.45) is -3.33. The van der Waals surface area contributed by atoms with Gasteiger partial charge in [-0.1, -0.05) is 13.8 Å². The van der Waals surface area contributed by atoms with Crippen LogP contribution in [0.3, 0.4) is 0 Å². The van der Waals surface area contributed by atoms with Crippen LogP contribution in [0.15, 0.2) is 17.1 Å². The molecular formula is C20H32N4O8. The van der Waals surface area contributed by atoms with E-state index in [9.17, 15) is 24.6 Å². The number of nitrogens with two attached hydrogens (primary N) is 1. The summed E-state index contributed by atoms with van der Waals surface area (Å²) in [5, 5.41) is 23.3. The van der Waals surface area contributed by atoms with E-state index in [1.807, 2.05) is 0 Å². The number of hydrogen-bond donors (Lipinski definition) is 4. The SMILES string of the molecule is CC(C)[C@H](NC(=O)OC(C)(C)C)C(=O)O[C@@H]1[C@@H](CO)O[C@@H](n2ccc(N)nc2=O)[C@]1(C)O. The van der Waals surface area contributed by atoms with Gasteiger partial charge >= 0.3 is 17.8 Å². The highest BCUT2D eigenvalue weighted by atomic mass is 16.6. The number of ether oxygens (including phenoxy) is 3. The number of carbonyl (C=O) groups excluding carboxylic acids is 2. The lowest BCUT2D eigenvalue weighted by atomic mass is 9.95. The van der Waals surface area contributed by atoms with Gasteiger partial charge in [-0.15, -0.1) is 0 Å². The maximum atomic E-state index is 12.9. The Hall–Kier alpha value is -2.70. The Bertz CT molecular complexity index is 892. The molecule has 32 heavy (non-hydrogen) atoms. The summed E-state index contributed by atoms with van der Waals surface area (Å²) in [7, 11) is 0. The molecule has 0 radical (unpaired) electrons. The van der Waals surface area contributed by atoms with Crippen molar-refractivity contribution < 1.29 is 34.0 Å². The van der Waals surface area contributed by atoms with Crippen molar-refractivity contribution >= 4 is 17.9 Å². The lowest BCUT2D eigenvalue weighted by molar-refractivity contribution is -0.167. The Morgan fingerprint density at radius 2 is 2.03 bits per heavy atom. The van der Waals surface area contributed by atoms with Crippen molar-refractivity contribution in [1.82, 2.24) is 14.9 Å². The topological polar surface area (TPSA) is 175 Å². The van der Waals surface area contributed by atoms with Crippen LogP contribution in [0.1, 0.15) is 47.8 Å². The lowest BCUT2D eigenvalue weighted by Crippen LogP contribution is -2.53. The first-order valence-corrected chi connectivity index (χ1v) is 10.2. The summed E-state index contributed by atoms with van der Waals surface area (Å²) in [6, 6.07) is 0.244. The zero-order valence-corrected chi connectivity index (χ0v) is 19.1. The molecule has 0 spiro atoms. The van der Waals surface area contributed by atoms with E-state index in [0.29, 0.717) is 0 Å². The van der Waals surface area contributed by atoms with Gasteiger partial charge in [0.25, 0.3) is 0 Å². The van der Waals surface area contributed by atoms with Gasteiger partial charge in [0.05, 0.1) is 6.61 Å². The zero-order valence-electron chi connectivity index (χ0n) is 19.1. The molecule has 1 saturated heterocycles. The van der Waals surface area contributed by atoms with Crippen LogP contribution in [0.2, 0.25) is 0 Å². The average Bonchev–Trinajstić information content (AvgIpc) is 2.88. The van der Waals surface area contributed by atoms with Gasteiger partial charge in [0.2, 0.25) is 0 Å². The Kier molecular flexibility index (Phi) is 7.53. The van der Waals surface area contributed by atoms with Crippen LogP contribution in [0.5, 0.6) is 0 Å². The van der Waals surface area contributed by atoms with Gasteiger partial charge in [-0.25, -0.2) is 14.4 Å². The molecule has 1 aliphatic heterocycles. The first-order chi connectivity index (χ1) is 14.7. The highest BCUT2D eigenvalue weighted by molar-refractivity contribution is 5.82. The molecule has 12 heteroatoms. The predicted molar refractivity (Wildman–Crippen MR) is 112 cm³/mol. The summed E-state index contributed by atoms with van der Waals surface area (Å²) in [6.45, 7) is 9.14. The van der Waals surface area contributed by atoms with Crippen molar-refractivity contribution in [2.75, 3.05) is 12.3 Å². The van der Waals surface area contributed by atoms with Crippen LogP contribution in [0.25, 0.3) is 0 Å². The summed E-state index contributed by atoms with van der Waals surface area (Å²) in [5.74, 6) is -1.25. The normalized spacial score (nSPS) is 26.6. The molecule has 180 valence electrons. The van der Waals surface area contributed by atoms with Gasteiger partial charge in [-0.3, -0.25) is 4.57 Å². The Morgan fingerprint density at radius 1 is 1.41 bits per heavy atom. The number of aliphatic hydroxyl groups excluding tert-OH is 1. The van der Waals surface area contributed by atoms with Gasteiger partial charge in [0, 0.05) is 6.20 Å². The number of esters is 1. The fourth-order valence-electron chi connectivity index (χ4n) is 3.31. The summed E-state index contributed by atoms with van der Waals surface area (Å²) in [4.78, 5) is 40.9. The summed E-state index contributed by atoms with van der Waals surface area (Å²) < 4.78 is 17.3. The van der Waals surface area contributed by atoms with E-state index < -0.39 is 60.0 Å². The number of amides is 1. The molecule has 0 aromatic carbocycles. The van der Waals surface area contributed by atoms with Crippen molar-refractivity contribution in [2.45, 2.75) is 77.2 Å². The minimum Gasteiger partial charge on any atom is -0.455 e. The maximum absolute atomic E-state index is 12.9. The Morgan fingerprint density at radius 3 is 2.53 bits per heavy atom. The molecule has 1 fully saturated rings. The van der Waals surface area contributed by atoms with Crippen LogP contribution < -0.4 is 16.7 Å². The van der Waals surface area contributed by atoms with Crippen LogP contribution in [-0.4, -0.2) is 67.9 Å². The lowest BCUT2D eigenvalue weighted by Gasteiger charge is -2.32. The number of nitrogens with one attached hydrogen (secondary N) is 1. The van der Waals surface area contributed by atoms with E-state index in [4.69, 9.17) is 19.9 Å². The Labute approximate surface area is 185 Å². The second-order valence-electron chi connectivity index (χ2n) is 9.20. The number of aliphatic hydroxyl groups is 2. The molecule has 5 atom stereocenters. The smallest absolute Gasteiger partial charge is 0.408 e. The third-order valence-electron chi connectivity index (χ3n) is 4.84. The molecule has 12 nitrogen and oxygen atoms in total. The molecule has 1 aromatic heterocycles. The largest absolute Gasteiger partial charge is 0.455 e. The average molecular weight is 456 g/mol. The van der Waals surface area contributed by atoms with Crippen molar-refractivity contribution in [2.24, 2.45) is 5.92 Å². The van der Waals surface area contributed by atoms with Crippen LogP contribution in [0, 0.1) is 5.92 Å². The molecule has 0 saturated carbocycles. The number of aromatic nitrogens is 2. The van der Waals surface area contributed by atoms with Crippen LogP contribution >= 0.6 is 0 Å². The Balaban J connectivity index is 2.25. The molecule has 0 unspecified atom stereocenters. The second kappa shape index (κ2) is 9.43.